The van der Waals surface area contributed by atoms with Gasteiger partial charge >= 0.3 is 0 Å². The molecule has 11 heavy (non-hydrogen) atoms. The zero-order chi connectivity index (χ0) is 8.36. The van der Waals surface area contributed by atoms with Crippen molar-refractivity contribution in [2.45, 2.75) is 33.1 Å². The second-order valence-electron chi connectivity index (χ2n) is 2.36. The maximum Gasteiger partial charge on any atom is 0.168 e. The molecule has 0 saturated carbocycles. The Labute approximate surface area is 69.0 Å². The fourth-order valence-electron chi connectivity index (χ4n) is 0.536. The van der Waals surface area contributed by atoms with Crippen molar-refractivity contribution in [2.24, 2.45) is 0 Å². The molecule has 0 aromatic heterocycles. The first kappa shape index (κ1) is 10.9. The molecule has 3 nitrogen and oxygen atoms in total. The number of rotatable bonds is 8. The first-order valence-electron chi connectivity index (χ1n) is 4.28. The van der Waals surface area contributed by atoms with Gasteiger partial charge in [0.05, 0.1) is 0 Å². The minimum Gasteiger partial charge on any atom is -0.353 e. The van der Waals surface area contributed by atoms with E-state index in [1.165, 1.54) is 0 Å². The summed E-state index contributed by atoms with van der Waals surface area (Å²) in [5.74, 6) is 0. The minimum atomic E-state index is 0.306. The second kappa shape index (κ2) is 9.88. The van der Waals surface area contributed by atoms with E-state index in [2.05, 4.69) is 19.3 Å². The number of unbranched alkanes of at least 4 members (excludes halogenated alkanes) is 1. The van der Waals surface area contributed by atoms with Crippen LogP contribution in [0.25, 0.3) is 0 Å². The maximum absolute atomic E-state index is 5.10. The third kappa shape index (κ3) is 9.88. The van der Waals surface area contributed by atoms with Crippen LogP contribution >= 0.6 is 0 Å². The van der Waals surface area contributed by atoms with Gasteiger partial charge < -0.3 is 4.74 Å². The molecule has 0 N–H and O–H groups in total. The first-order chi connectivity index (χ1) is 5.41. The normalized spacial score (nSPS) is 10.4. The molecule has 3 heteroatoms. The van der Waals surface area contributed by atoms with E-state index >= 15 is 0 Å². The van der Waals surface area contributed by atoms with Crippen LogP contribution in [0.4, 0.5) is 0 Å². The summed E-state index contributed by atoms with van der Waals surface area (Å²) in [6.07, 6.45) is 3.28. The van der Waals surface area contributed by atoms with Gasteiger partial charge in [-0.1, -0.05) is 25.7 Å². The number of ether oxygens (including phenoxy) is 1. The summed E-state index contributed by atoms with van der Waals surface area (Å²) in [7, 11) is 0. The second-order valence-corrected chi connectivity index (χ2v) is 2.36. The lowest BCUT2D eigenvalue weighted by Gasteiger charge is -2.02. The topological polar surface area (TPSA) is 32.6 Å². The summed E-state index contributed by atoms with van der Waals surface area (Å²) < 4.78 is 5.10. The maximum atomic E-state index is 5.10. The molecule has 67 valence electrons. The highest BCUT2D eigenvalue weighted by atomic mass is 16.7. The molecule has 0 fully saturated rings. The smallest absolute Gasteiger partial charge is 0.168 e. The average Bonchev–Trinajstić information content (AvgIpc) is 2.03. The van der Waals surface area contributed by atoms with Crippen molar-refractivity contribution >= 4 is 0 Å². The lowest BCUT2D eigenvalue weighted by atomic mass is 10.4. The molecule has 0 amide bonds. The summed E-state index contributed by atoms with van der Waals surface area (Å²) in [5, 5.41) is 0. The van der Waals surface area contributed by atoms with Gasteiger partial charge in [-0.15, -0.1) is 0 Å². The van der Waals surface area contributed by atoms with E-state index in [1.807, 2.05) is 0 Å². The van der Waals surface area contributed by atoms with Gasteiger partial charge in [0, 0.05) is 13.2 Å². The van der Waals surface area contributed by atoms with Gasteiger partial charge in [-0.25, -0.2) is 0 Å². The highest BCUT2D eigenvalue weighted by molar-refractivity contribution is 4.28. The fourth-order valence-corrected chi connectivity index (χ4v) is 0.536. The van der Waals surface area contributed by atoms with Crippen molar-refractivity contribution in [2.75, 3.05) is 19.9 Å². The molecule has 0 saturated heterocycles. The Morgan fingerprint density at radius 2 is 2.00 bits per heavy atom. The molecule has 0 aliphatic rings. The SMILES string of the molecule is CCCCOCO[N]CCC. The Bertz CT molecular complexity index is 61.1. The molecule has 0 aliphatic carbocycles. The van der Waals surface area contributed by atoms with Crippen LogP contribution in [0.15, 0.2) is 0 Å². The molecule has 0 atom stereocenters. The summed E-state index contributed by atoms with van der Waals surface area (Å²) >= 11 is 0. The van der Waals surface area contributed by atoms with Crippen LogP contribution in [0.3, 0.4) is 0 Å². The zero-order valence-electron chi connectivity index (χ0n) is 7.51. The van der Waals surface area contributed by atoms with E-state index in [1.54, 1.807) is 0 Å². The van der Waals surface area contributed by atoms with Crippen LogP contribution in [0.2, 0.25) is 0 Å². The Balaban J connectivity index is 2.69. The largest absolute Gasteiger partial charge is 0.353 e. The predicted octanol–water partition coefficient (Wildman–Crippen LogP) is 1.71. The van der Waals surface area contributed by atoms with Crippen LogP contribution in [0.5, 0.6) is 0 Å². The molecule has 0 aromatic rings. The Kier molecular flexibility index (Phi) is 9.77. The van der Waals surface area contributed by atoms with Gasteiger partial charge in [-0.05, 0) is 12.8 Å². The molecule has 0 bridgehead atoms. The van der Waals surface area contributed by atoms with Gasteiger partial charge in [0.25, 0.3) is 0 Å². The molecule has 0 spiro atoms. The van der Waals surface area contributed by atoms with Gasteiger partial charge in [-0.2, -0.15) is 0 Å². The molecular weight excluding hydrogens is 142 g/mol. The minimum absolute atomic E-state index is 0.306. The van der Waals surface area contributed by atoms with E-state index in [0.717, 1.165) is 32.4 Å². The lowest BCUT2D eigenvalue weighted by Crippen LogP contribution is -2.10. The van der Waals surface area contributed by atoms with E-state index in [0.29, 0.717) is 6.79 Å². The highest BCUT2D eigenvalue weighted by Crippen LogP contribution is 1.87. The Morgan fingerprint density at radius 3 is 2.64 bits per heavy atom. The highest BCUT2D eigenvalue weighted by Gasteiger charge is 1.87. The van der Waals surface area contributed by atoms with Gasteiger partial charge in [0.15, 0.2) is 6.79 Å². The average molecular weight is 160 g/mol. The number of hydrogen-bond acceptors (Lipinski definition) is 2. The first-order valence-corrected chi connectivity index (χ1v) is 4.28. The summed E-state index contributed by atoms with van der Waals surface area (Å²) in [6, 6.07) is 0. The number of hydroxylamine groups is 1. The third-order valence-corrected chi connectivity index (χ3v) is 1.18. The molecule has 0 aromatic carbocycles. The van der Waals surface area contributed by atoms with E-state index in [-0.39, 0.29) is 0 Å². The molecule has 0 heterocycles. The van der Waals surface area contributed by atoms with Crippen LogP contribution in [-0.4, -0.2) is 19.9 Å². The molecule has 0 unspecified atom stereocenters. The summed E-state index contributed by atoms with van der Waals surface area (Å²) in [5.41, 5.74) is 3.76. The predicted molar refractivity (Wildman–Crippen MR) is 44.1 cm³/mol. The quantitative estimate of drug-likeness (QED) is 0.307. The molecule has 1 radical (unpaired) electrons. The van der Waals surface area contributed by atoms with E-state index in [4.69, 9.17) is 9.57 Å². The summed E-state index contributed by atoms with van der Waals surface area (Å²) in [6.45, 7) is 6.03. The molecular formula is C8H18NO2. The van der Waals surface area contributed by atoms with Crippen molar-refractivity contribution in [3.05, 3.63) is 0 Å². The number of nitrogens with zero attached hydrogens (tertiary/aromatic N) is 1. The Morgan fingerprint density at radius 1 is 1.18 bits per heavy atom. The monoisotopic (exact) mass is 160 g/mol. The van der Waals surface area contributed by atoms with Crippen LogP contribution in [0, 0.1) is 0 Å². The fraction of sp³-hybridized carbons (Fsp3) is 1.00. The van der Waals surface area contributed by atoms with Crippen LogP contribution < -0.4 is 5.48 Å². The standard InChI is InChI=1S/C8H18NO2/c1-3-5-7-10-8-11-9-6-4-2/h3-8H2,1-2H3. The van der Waals surface area contributed by atoms with E-state index < -0.39 is 0 Å². The molecule has 0 rings (SSSR count). The van der Waals surface area contributed by atoms with Crippen molar-refractivity contribution < 1.29 is 9.57 Å². The number of hydrogen-bond donors (Lipinski definition) is 0. The summed E-state index contributed by atoms with van der Waals surface area (Å²) in [4.78, 5) is 4.82. The van der Waals surface area contributed by atoms with Gasteiger partial charge in [0.1, 0.15) is 0 Å². The third-order valence-electron chi connectivity index (χ3n) is 1.18. The van der Waals surface area contributed by atoms with E-state index in [9.17, 15) is 0 Å². The molecule has 0 aliphatic heterocycles. The van der Waals surface area contributed by atoms with Gasteiger partial charge in [0.2, 0.25) is 0 Å². The lowest BCUT2D eigenvalue weighted by molar-refractivity contribution is -0.103. The zero-order valence-corrected chi connectivity index (χ0v) is 7.51. The van der Waals surface area contributed by atoms with Crippen LogP contribution in [0.1, 0.15) is 33.1 Å². The van der Waals surface area contributed by atoms with Crippen molar-refractivity contribution in [3.63, 3.8) is 0 Å². The Hall–Kier alpha value is -0.120. The van der Waals surface area contributed by atoms with Gasteiger partial charge in [-0.3, -0.25) is 4.84 Å². The van der Waals surface area contributed by atoms with Crippen molar-refractivity contribution in [3.8, 4) is 0 Å². The van der Waals surface area contributed by atoms with Crippen molar-refractivity contribution in [1.82, 2.24) is 5.48 Å². The van der Waals surface area contributed by atoms with Crippen LogP contribution in [-0.2, 0) is 9.57 Å². The van der Waals surface area contributed by atoms with Crippen molar-refractivity contribution in [1.29, 1.82) is 0 Å².